The van der Waals surface area contributed by atoms with Gasteiger partial charge < -0.3 is 9.64 Å². The maximum Gasteiger partial charge on any atom is 0.227 e. The number of carbonyl (C=O) groups excluding carboxylic acids is 1. The van der Waals surface area contributed by atoms with E-state index in [4.69, 9.17) is 4.74 Å². The van der Waals surface area contributed by atoms with Gasteiger partial charge in [-0.2, -0.15) is 0 Å². The molecule has 2 rings (SSSR count). The van der Waals surface area contributed by atoms with E-state index in [1.54, 1.807) is 12.0 Å². The number of likely N-dealkylation sites (N-methyl/N-ethyl adjacent to an activating group) is 1. The summed E-state index contributed by atoms with van der Waals surface area (Å²) in [6.45, 7) is 2.40. The highest BCUT2D eigenvalue weighted by atomic mass is 32.2. The molecule has 1 aromatic carbocycles. The highest BCUT2D eigenvalue weighted by Crippen LogP contribution is 2.22. The van der Waals surface area contributed by atoms with Crippen molar-refractivity contribution in [2.75, 3.05) is 25.2 Å². The molecule has 1 heterocycles. The zero-order valence-corrected chi connectivity index (χ0v) is 13.2. The van der Waals surface area contributed by atoms with Crippen molar-refractivity contribution >= 4 is 15.7 Å². The van der Waals surface area contributed by atoms with Gasteiger partial charge in [0.1, 0.15) is 5.75 Å². The number of rotatable bonds is 5. The van der Waals surface area contributed by atoms with Crippen LogP contribution in [0.3, 0.4) is 0 Å². The number of hydrogen-bond acceptors (Lipinski definition) is 4. The first-order chi connectivity index (χ1) is 9.96. The summed E-state index contributed by atoms with van der Waals surface area (Å²) in [6, 6.07) is 7.20. The van der Waals surface area contributed by atoms with E-state index < -0.39 is 9.84 Å². The largest absolute Gasteiger partial charge is 0.496 e. The standard InChI is InChI=1S/C15H21NO4S/c1-3-16(13-8-9-21(18,19)11-13)15(17)10-12-6-4-5-7-14(12)20-2/h4-7,13H,3,8-11H2,1-2H3. The molecule has 6 heteroatoms. The van der Waals surface area contributed by atoms with Gasteiger partial charge in [0.05, 0.1) is 25.0 Å². The van der Waals surface area contributed by atoms with E-state index in [2.05, 4.69) is 0 Å². The van der Waals surface area contributed by atoms with Gasteiger partial charge in [0, 0.05) is 18.2 Å². The second kappa shape index (κ2) is 6.47. The molecule has 0 bridgehead atoms. The van der Waals surface area contributed by atoms with Crippen LogP contribution in [0.25, 0.3) is 0 Å². The fourth-order valence-electron chi connectivity index (χ4n) is 2.77. The number of sulfone groups is 1. The zero-order chi connectivity index (χ0) is 15.5. The van der Waals surface area contributed by atoms with E-state index in [0.717, 1.165) is 5.56 Å². The van der Waals surface area contributed by atoms with Gasteiger partial charge in [-0.15, -0.1) is 0 Å². The van der Waals surface area contributed by atoms with Crippen molar-refractivity contribution in [2.24, 2.45) is 0 Å². The topological polar surface area (TPSA) is 63.7 Å². The van der Waals surface area contributed by atoms with Crippen LogP contribution in [0.2, 0.25) is 0 Å². The Balaban J connectivity index is 2.11. The van der Waals surface area contributed by atoms with Crippen molar-refractivity contribution < 1.29 is 17.9 Å². The van der Waals surface area contributed by atoms with Gasteiger partial charge in [0.15, 0.2) is 9.84 Å². The minimum Gasteiger partial charge on any atom is -0.496 e. The number of nitrogens with zero attached hydrogens (tertiary/aromatic N) is 1. The molecular formula is C15H21NO4S. The molecule has 0 aliphatic carbocycles. The Morgan fingerprint density at radius 2 is 2.10 bits per heavy atom. The number of methoxy groups -OCH3 is 1. The Morgan fingerprint density at radius 1 is 1.38 bits per heavy atom. The van der Waals surface area contributed by atoms with Crippen LogP contribution in [0, 0.1) is 0 Å². The molecule has 1 amide bonds. The third kappa shape index (κ3) is 3.75. The molecule has 1 atom stereocenters. The van der Waals surface area contributed by atoms with E-state index in [9.17, 15) is 13.2 Å². The summed E-state index contributed by atoms with van der Waals surface area (Å²) in [4.78, 5) is 14.2. The van der Waals surface area contributed by atoms with Gasteiger partial charge in [-0.1, -0.05) is 18.2 Å². The molecule has 21 heavy (non-hydrogen) atoms. The number of para-hydroxylation sites is 1. The van der Waals surface area contributed by atoms with Crippen LogP contribution in [-0.4, -0.2) is 50.4 Å². The molecule has 0 aromatic heterocycles. The van der Waals surface area contributed by atoms with Gasteiger partial charge >= 0.3 is 0 Å². The maximum atomic E-state index is 12.5. The fourth-order valence-corrected chi connectivity index (χ4v) is 4.50. The van der Waals surface area contributed by atoms with Gasteiger partial charge in [-0.3, -0.25) is 4.79 Å². The Bertz CT molecular complexity index is 612. The lowest BCUT2D eigenvalue weighted by Crippen LogP contribution is -2.41. The fraction of sp³-hybridized carbons (Fsp3) is 0.533. The molecule has 0 N–H and O–H groups in total. The lowest BCUT2D eigenvalue weighted by Gasteiger charge is -2.27. The molecule has 0 spiro atoms. The van der Waals surface area contributed by atoms with Crippen molar-refractivity contribution in [1.82, 2.24) is 4.90 Å². The van der Waals surface area contributed by atoms with Gasteiger partial charge in [-0.25, -0.2) is 8.42 Å². The zero-order valence-electron chi connectivity index (χ0n) is 12.4. The monoisotopic (exact) mass is 311 g/mol. The maximum absolute atomic E-state index is 12.5. The summed E-state index contributed by atoms with van der Waals surface area (Å²) in [7, 11) is -1.41. The summed E-state index contributed by atoms with van der Waals surface area (Å²) in [5.41, 5.74) is 0.823. The predicted molar refractivity (Wildman–Crippen MR) is 81.1 cm³/mol. The van der Waals surface area contributed by atoms with Crippen LogP contribution in [0.1, 0.15) is 18.9 Å². The van der Waals surface area contributed by atoms with Crippen LogP contribution < -0.4 is 4.74 Å². The molecule has 1 aliphatic heterocycles. The lowest BCUT2D eigenvalue weighted by atomic mass is 10.1. The Morgan fingerprint density at radius 3 is 2.67 bits per heavy atom. The summed E-state index contributed by atoms with van der Waals surface area (Å²) in [5, 5.41) is 0. The average Bonchev–Trinajstić information content (AvgIpc) is 2.80. The molecule has 1 aromatic rings. The smallest absolute Gasteiger partial charge is 0.227 e. The van der Waals surface area contributed by atoms with Gasteiger partial charge in [-0.05, 0) is 19.4 Å². The number of benzene rings is 1. The van der Waals surface area contributed by atoms with Crippen LogP contribution in [0.5, 0.6) is 5.75 Å². The second-order valence-electron chi connectivity index (χ2n) is 5.23. The van der Waals surface area contributed by atoms with Gasteiger partial charge in [0.25, 0.3) is 0 Å². The van der Waals surface area contributed by atoms with Crippen molar-refractivity contribution in [3.05, 3.63) is 29.8 Å². The van der Waals surface area contributed by atoms with Crippen LogP contribution in [-0.2, 0) is 21.1 Å². The minimum atomic E-state index is -2.99. The molecule has 0 radical (unpaired) electrons. The van der Waals surface area contributed by atoms with Crippen LogP contribution >= 0.6 is 0 Å². The third-order valence-electron chi connectivity index (χ3n) is 3.84. The third-order valence-corrected chi connectivity index (χ3v) is 5.59. The van der Waals surface area contributed by atoms with E-state index in [1.807, 2.05) is 31.2 Å². The number of ether oxygens (including phenoxy) is 1. The summed E-state index contributed by atoms with van der Waals surface area (Å²) < 4.78 is 28.4. The van der Waals surface area contributed by atoms with Crippen molar-refractivity contribution in [1.29, 1.82) is 0 Å². The molecule has 0 saturated carbocycles. The Labute approximate surface area is 125 Å². The highest BCUT2D eigenvalue weighted by molar-refractivity contribution is 7.91. The van der Waals surface area contributed by atoms with Gasteiger partial charge in [0.2, 0.25) is 5.91 Å². The first-order valence-electron chi connectivity index (χ1n) is 7.08. The molecule has 1 fully saturated rings. The summed E-state index contributed by atoms with van der Waals surface area (Å²) in [5.74, 6) is 0.888. The number of carbonyl (C=O) groups is 1. The van der Waals surface area contributed by atoms with Crippen LogP contribution in [0.4, 0.5) is 0 Å². The Hall–Kier alpha value is -1.56. The van der Waals surface area contributed by atoms with E-state index >= 15 is 0 Å². The normalized spacial score (nSPS) is 20.2. The average molecular weight is 311 g/mol. The molecular weight excluding hydrogens is 290 g/mol. The molecule has 1 saturated heterocycles. The molecule has 1 aliphatic rings. The molecule has 116 valence electrons. The Kier molecular flexibility index (Phi) is 4.88. The second-order valence-corrected chi connectivity index (χ2v) is 7.45. The number of amides is 1. The highest BCUT2D eigenvalue weighted by Gasteiger charge is 2.33. The first kappa shape index (κ1) is 15.8. The van der Waals surface area contributed by atoms with E-state index in [-0.39, 0.29) is 29.9 Å². The quantitative estimate of drug-likeness (QED) is 0.821. The minimum absolute atomic E-state index is 0.0518. The summed E-state index contributed by atoms with van der Waals surface area (Å²) in [6.07, 6.45) is 0.766. The SMILES string of the molecule is CCN(C(=O)Cc1ccccc1OC)C1CCS(=O)(=O)C1. The number of hydrogen-bond donors (Lipinski definition) is 0. The lowest BCUT2D eigenvalue weighted by molar-refractivity contribution is -0.132. The molecule has 1 unspecified atom stereocenters. The predicted octanol–water partition coefficient (Wildman–Crippen LogP) is 1.27. The first-order valence-corrected chi connectivity index (χ1v) is 8.90. The molecule has 5 nitrogen and oxygen atoms in total. The van der Waals surface area contributed by atoms with E-state index in [1.165, 1.54) is 0 Å². The van der Waals surface area contributed by atoms with Crippen molar-refractivity contribution in [3.63, 3.8) is 0 Å². The van der Waals surface area contributed by atoms with Crippen LogP contribution in [0.15, 0.2) is 24.3 Å². The summed E-state index contributed by atoms with van der Waals surface area (Å²) >= 11 is 0. The van der Waals surface area contributed by atoms with E-state index in [0.29, 0.717) is 18.7 Å². The van der Waals surface area contributed by atoms with Crippen molar-refractivity contribution in [2.45, 2.75) is 25.8 Å². The van der Waals surface area contributed by atoms with Crippen molar-refractivity contribution in [3.8, 4) is 5.75 Å².